The Bertz CT molecular complexity index is 1050. The number of benzene rings is 1. The molecule has 1 aromatic heterocycles. The van der Waals surface area contributed by atoms with Crippen LogP contribution in [-0.4, -0.2) is 58.3 Å². The molecule has 0 saturated carbocycles. The number of piperazine rings is 1. The average Bonchev–Trinajstić information content (AvgIpc) is 2.67. The molecule has 3 rings (SSSR count). The van der Waals surface area contributed by atoms with Gasteiger partial charge >= 0.3 is 6.09 Å². The highest BCUT2D eigenvalue weighted by Crippen LogP contribution is 2.26. The van der Waals surface area contributed by atoms with Crippen molar-refractivity contribution in [3.63, 3.8) is 0 Å². The fourth-order valence-corrected chi connectivity index (χ4v) is 3.43. The Hall–Kier alpha value is -3.01. The molecule has 1 aliphatic heterocycles. The normalized spacial score (nSPS) is 16.9. The lowest BCUT2D eigenvalue weighted by molar-refractivity contribution is -0.109. The molecule has 0 radical (unpaired) electrons. The van der Waals surface area contributed by atoms with Crippen LogP contribution in [0.5, 0.6) is 0 Å². The van der Waals surface area contributed by atoms with E-state index in [2.05, 4.69) is 5.10 Å². The fraction of sp³-hybridized carbons (Fsp3) is 0.400. The summed E-state index contributed by atoms with van der Waals surface area (Å²) < 4.78 is 33.1. The molecule has 0 N–H and O–H groups in total. The van der Waals surface area contributed by atoms with Crippen LogP contribution in [-0.2, 0) is 9.53 Å². The number of hydrogen-bond donors (Lipinski definition) is 0. The molecule has 2 heterocycles. The van der Waals surface area contributed by atoms with Crippen molar-refractivity contribution in [2.24, 2.45) is 0 Å². The van der Waals surface area contributed by atoms with Crippen LogP contribution >= 0.6 is 11.6 Å². The lowest BCUT2D eigenvalue weighted by Gasteiger charge is -2.40. The Balaban J connectivity index is 1.88. The number of nitrogens with zero attached hydrogens (tertiary/aromatic N) is 4. The van der Waals surface area contributed by atoms with Crippen molar-refractivity contribution >= 4 is 29.7 Å². The van der Waals surface area contributed by atoms with Crippen LogP contribution in [0.3, 0.4) is 0 Å². The van der Waals surface area contributed by atoms with Crippen molar-refractivity contribution in [2.45, 2.75) is 32.4 Å². The van der Waals surface area contributed by atoms with Crippen LogP contribution in [0.15, 0.2) is 29.2 Å². The minimum absolute atomic E-state index is 0.0347. The summed E-state index contributed by atoms with van der Waals surface area (Å²) in [6, 6.07) is 1.77. The van der Waals surface area contributed by atoms with Gasteiger partial charge in [-0.15, -0.1) is 0 Å². The molecule has 1 unspecified atom stereocenters. The Kier molecular flexibility index (Phi) is 6.30. The Labute approximate surface area is 182 Å². The molecule has 1 amide bonds. The molecule has 1 atom stereocenters. The Morgan fingerprint density at radius 2 is 1.87 bits per heavy atom. The van der Waals surface area contributed by atoms with Gasteiger partial charge in [0.15, 0.2) is 0 Å². The number of aromatic nitrogens is 2. The molecule has 1 aromatic carbocycles. The van der Waals surface area contributed by atoms with Gasteiger partial charge in [0.2, 0.25) is 0 Å². The van der Waals surface area contributed by atoms with Crippen LogP contribution in [0.4, 0.5) is 19.3 Å². The van der Waals surface area contributed by atoms with E-state index in [9.17, 15) is 23.2 Å². The summed E-state index contributed by atoms with van der Waals surface area (Å²) in [5.41, 5.74) is -1.43. The maximum Gasteiger partial charge on any atom is 0.410 e. The van der Waals surface area contributed by atoms with Gasteiger partial charge in [0.05, 0.1) is 24.1 Å². The summed E-state index contributed by atoms with van der Waals surface area (Å²) in [6.07, 6.45) is 1.33. The van der Waals surface area contributed by atoms with Gasteiger partial charge in [-0.05, 0) is 32.9 Å². The molecule has 2 aromatic rings. The van der Waals surface area contributed by atoms with Gasteiger partial charge in [-0.1, -0.05) is 11.6 Å². The molecular weight excluding hydrogens is 434 g/mol. The second-order valence-electron chi connectivity index (χ2n) is 8.01. The molecule has 11 heteroatoms. The summed E-state index contributed by atoms with van der Waals surface area (Å²) in [7, 11) is 0. The molecule has 0 bridgehead atoms. The molecule has 0 aliphatic carbocycles. The summed E-state index contributed by atoms with van der Waals surface area (Å²) in [5.74, 6) is -1.74. The van der Waals surface area contributed by atoms with Gasteiger partial charge in [0.25, 0.3) is 5.56 Å². The summed E-state index contributed by atoms with van der Waals surface area (Å²) in [5, 5.41) is 3.70. The van der Waals surface area contributed by atoms with E-state index < -0.39 is 34.9 Å². The number of carbonyl (C=O) groups excluding carboxylic acids is 2. The first-order chi connectivity index (χ1) is 14.5. The molecular formula is C20H21ClF2N4O4. The van der Waals surface area contributed by atoms with Gasteiger partial charge in [-0.25, -0.2) is 13.6 Å². The van der Waals surface area contributed by atoms with Gasteiger partial charge in [0, 0.05) is 19.2 Å². The van der Waals surface area contributed by atoms with Crippen molar-refractivity contribution in [2.75, 3.05) is 24.5 Å². The first kappa shape index (κ1) is 22.7. The largest absolute Gasteiger partial charge is 0.444 e. The van der Waals surface area contributed by atoms with E-state index in [1.54, 1.807) is 25.7 Å². The molecule has 1 fully saturated rings. The highest BCUT2D eigenvalue weighted by molar-refractivity contribution is 6.33. The van der Waals surface area contributed by atoms with E-state index in [0.29, 0.717) is 12.4 Å². The number of aldehydes is 1. The van der Waals surface area contributed by atoms with Crippen molar-refractivity contribution in [3.8, 4) is 5.69 Å². The number of rotatable bonds is 3. The van der Waals surface area contributed by atoms with E-state index in [1.807, 2.05) is 0 Å². The fourth-order valence-electron chi connectivity index (χ4n) is 3.19. The summed E-state index contributed by atoms with van der Waals surface area (Å²) in [4.78, 5) is 39.7. The van der Waals surface area contributed by atoms with Crippen molar-refractivity contribution in [1.82, 2.24) is 14.7 Å². The second kappa shape index (κ2) is 8.62. The lowest BCUT2D eigenvalue weighted by Crippen LogP contribution is -2.56. The van der Waals surface area contributed by atoms with Crippen LogP contribution in [0.25, 0.3) is 5.69 Å². The van der Waals surface area contributed by atoms with Gasteiger partial charge < -0.3 is 19.3 Å². The zero-order chi connectivity index (χ0) is 22.9. The standard InChI is InChI=1S/C20H21ClF2N4O4/c1-20(2,3)31-19(30)25-4-5-26(15(10-25)11-28)16-9-24-27(18(29)17(16)21)14-7-12(22)6-13(23)8-14/h6-9,11,15H,4-5,10H2,1-3H3. The third kappa shape index (κ3) is 5.01. The van der Waals surface area contributed by atoms with E-state index >= 15 is 0 Å². The highest BCUT2D eigenvalue weighted by atomic mass is 35.5. The van der Waals surface area contributed by atoms with Gasteiger partial charge in [-0.3, -0.25) is 4.79 Å². The first-order valence-corrected chi connectivity index (χ1v) is 9.82. The van der Waals surface area contributed by atoms with Crippen LogP contribution in [0.2, 0.25) is 5.02 Å². The lowest BCUT2D eigenvalue weighted by atomic mass is 10.1. The Morgan fingerprint density at radius 1 is 1.23 bits per heavy atom. The van der Waals surface area contributed by atoms with E-state index in [4.69, 9.17) is 16.3 Å². The number of amides is 1. The first-order valence-electron chi connectivity index (χ1n) is 9.44. The molecule has 166 valence electrons. The number of hydrogen-bond acceptors (Lipinski definition) is 6. The van der Waals surface area contributed by atoms with Gasteiger partial charge in [0.1, 0.15) is 34.6 Å². The zero-order valence-corrected chi connectivity index (χ0v) is 17.9. The zero-order valence-electron chi connectivity index (χ0n) is 17.1. The third-order valence-electron chi connectivity index (χ3n) is 4.53. The SMILES string of the molecule is CC(C)(C)OC(=O)N1CCN(c2cnn(-c3cc(F)cc(F)c3)c(=O)c2Cl)C(C=O)C1. The third-order valence-corrected chi connectivity index (χ3v) is 4.88. The van der Waals surface area contributed by atoms with Gasteiger partial charge in [-0.2, -0.15) is 9.78 Å². The second-order valence-corrected chi connectivity index (χ2v) is 8.39. The van der Waals surface area contributed by atoms with Crippen LogP contribution < -0.4 is 10.5 Å². The summed E-state index contributed by atoms with van der Waals surface area (Å²) >= 11 is 6.25. The number of halogens is 3. The predicted molar refractivity (Wildman–Crippen MR) is 110 cm³/mol. The van der Waals surface area contributed by atoms with Crippen LogP contribution in [0, 0.1) is 11.6 Å². The number of carbonyl (C=O) groups is 2. The maximum atomic E-state index is 13.5. The smallest absolute Gasteiger partial charge is 0.410 e. The molecule has 1 saturated heterocycles. The quantitative estimate of drug-likeness (QED) is 0.663. The predicted octanol–water partition coefficient (Wildman–Crippen LogP) is 2.79. The van der Waals surface area contributed by atoms with Crippen molar-refractivity contribution in [1.29, 1.82) is 0 Å². The number of ether oxygens (including phenoxy) is 1. The van der Waals surface area contributed by atoms with Crippen molar-refractivity contribution < 1.29 is 23.1 Å². The van der Waals surface area contributed by atoms with Crippen LogP contribution in [0.1, 0.15) is 20.8 Å². The highest BCUT2D eigenvalue weighted by Gasteiger charge is 2.33. The minimum atomic E-state index is -0.872. The molecule has 31 heavy (non-hydrogen) atoms. The molecule has 1 aliphatic rings. The molecule has 0 spiro atoms. The van der Waals surface area contributed by atoms with E-state index in [0.717, 1.165) is 16.8 Å². The minimum Gasteiger partial charge on any atom is -0.444 e. The monoisotopic (exact) mass is 454 g/mol. The molecule has 8 nitrogen and oxygen atoms in total. The van der Waals surface area contributed by atoms with E-state index in [1.165, 1.54) is 11.1 Å². The number of anilines is 1. The average molecular weight is 455 g/mol. The maximum absolute atomic E-state index is 13.5. The van der Waals surface area contributed by atoms with E-state index in [-0.39, 0.29) is 36.0 Å². The Morgan fingerprint density at radius 3 is 2.45 bits per heavy atom. The van der Waals surface area contributed by atoms with Crippen molar-refractivity contribution in [3.05, 3.63) is 51.4 Å². The topological polar surface area (TPSA) is 84.7 Å². The summed E-state index contributed by atoms with van der Waals surface area (Å²) in [6.45, 7) is 5.68.